The number of nitrogens with zero attached hydrogens (tertiary/aromatic N) is 1. The van der Waals surface area contributed by atoms with Gasteiger partial charge in [0.05, 0.1) is 5.75 Å². The molecule has 0 aromatic carbocycles. The topological polar surface area (TPSA) is 58.2 Å². The van der Waals surface area contributed by atoms with Crippen molar-refractivity contribution in [1.29, 1.82) is 0 Å². The summed E-state index contributed by atoms with van der Waals surface area (Å²) in [5.41, 5.74) is 0.909. The summed E-state index contributed by atoms with van der Waals surface area (Å²) in [7, 11) is -3.85. The van der Waals surface area contributed by atoms with Crippen LogP contribution >= 0.6 is 0 Å². The zero-order valence-electron chi connectivity index (χ0n) is 8.05. The van der Waals surface area contributed by atoms with Crippen molar-refractivity contribution in [2.75, 3.05) is 5.75 Å². The van der Waals surface area contributed by atoms with Crippen molar-refractivity contribution in [3.05, 3.63) is 30.1 Å². The molecule has 0 aliphatic carbocycles. The van der Waals surface area contributed by atoms with Crippen LogP contribution in [0.3, 0.4) is 0 Å². The number of rotatable bonds is 4. The number of aromatic nitrogens is 1. The first-order valence-electron chi connectivity index (χ1n) is 4.44. The van der Waals surface area contributed by atoms with E-state index >= 15 is 0 Å². The molecule has 0 aliphatic heterocycles. The van der Waals surface area contributed by atoms with Gasteiger partial charge in [0.25, 0.3) is 10.1 Å². The maximum absolute atomic E-state index is 10.5. The predicted octanol–water partition coefficient (Wildman–Crippen LogP) is 0.424. The molecule has 1 aromatic heterocycles. The van der Waals surface area contributed by atoms with E-state index in [2.05, 4.69) is 0 Å². The van der Waals surface area contributed by atoms with Crippen LogP contribution in [0, 0.1) is 0 Å². The molecule has 0 aliphatic rings. The molecule has 0 radical (unpaired) electrons. The van der Waals surface area contributed by atoms with Crippen molar-refractivity contribution < 1.29 is 17.5 Å². The van der Waals surface area contributed by atoms with Gasteiger partial charge in [0.1, 0.15) is 6.54 Å². The molecule has 14 heavy (non-hydrogen) atoms. The average Bonchev–Trinajstić information content (AvgIpc) is 2.14. The first-order chi connectivity index (χ1) is 6.51. The Bertz CT molecular complexity index is 400. The molecule has 0 unspecified atom stereocenters. The molecule has 0 amide bonds. The fraction of sp³-hybridized carbons (Fsp3) is 0.444. The second-order valence-corrected chi connectivity index (χ2v) is 4.65. The summed E-state index contributed by atoms with van der Waals surface area (Å²) in [4.78, 5) is 0. The normalized spacial score (nSPS) is 11.6. The Morgan fingerprint density at radius 3 is 2.79 bits per heavy atom. The van der Waals surface area contributed by atoms with E-state index in [1.165, 1.54) is 0 Å². The van der Waals surface area contributed by atoms with Crippen molar-refractivity contribution >= 4 is 10.1 Å². The van der Waals surface area contributed by atoms with Crippen molar-refractivity contribution in [2.24, 2.45) is 0 Å². The SMILES string of the molecule is CC[n+]1cccc(CCS(=O)(=O)O)c1. The minimum atomic E-state index is -3.85. The van der Waals surface area contributed by atoms with E-state index in [9.17, 15) is 8.42 Å². The van der Waals surface area contributed by atoms with Crippen LogP contribution < -0.4 is 4.57 Å². The largest absolute Gasteiger partial charge is 0.286 e. The predicted molar refractivity (Wildman–Crippen MR) is 52.4 cm³/mol. The highest BCUT2D eigenvalue weighted by Crippen LogP contribution is 1.98. The molecule has 78 valence electrons. The maximum atomic E-state index is 10.5. The van der Waals surface area contributed by atoms with Crippen molar-refractivity contribution in [3.63, 3.8) is 0 Å². The minimum Gasteiger partial charge on any atom is -0.286 e. The molecule has 0 atom stereocenters. The van der Waals surface area contributed by atoms with Gasteiger partial charge >= 0.3 is 0 Å². The van der Waals surface area contributed by atoms with Crippen LogP contribution in [0.4, 0.5) is 0 Å². The lowest BCUT2D eigenvalue weighted by Gasteiger charge is -1.98. The Hall–Kier alpha value is -0.940. The molecule has 0 fully saturated rings. The molecule has 1 heterocycles. The molecule has 0 saturated carbocycles. The van der Waals surface area contributed by atoms with Crippen molar-refractivity contribution in [2.45, 2.75) is 19.9 Å². The molecule has 4 nitrogen and oxygen atoms in total. The van der Waals surface area contributed by atoms with Gasteiger partial charge in [-0.25, -0.2) is 4.57 Å². The average molecular weight is 216 g/mol. The zero-order chi connectivity index (χ0) is 10.6. The van der Waals surface area contributed by atoms with E-state index in [0.29, 0.717) is 6.42 Å². The highest BCUT2D eigenvalue weighted by molar-refractivity contribution is 7.85. The molecular weight excluding hydrogens is 202 g/mol. The highest BCUT2D eigenvalue weighted by atomic mass is 32.2. The monoisotopic (exact) mass is 216 g/mol. The van der Waals surface area contributed by atoms with Crippen LogP contribution in [0.2, 0.25) is 0 Å². The van der Waals surface area contributed by atoms with Gasteiger partial charge in [-0.05, 0) is 19.4 Å². The Balaban J connectivity index is 2.68. The molecule has 1 N–H and O–H groups in total. The summed E-state index contributed by atoms with van der Waals surface area (Å²) in [6.07, 6.45) is 4.14. The van der Waals surface area contributed by atoms with E-state index in [1.54, 1.807) is 0 Å². The Morgan fingerprint density at radius 2 is 2.21 bits per heavy atom. The smallest absolute Gasteiger partial charge is 0.265 e. The maximum Gasteiger partial charge on any atom is 0.265 e. The zero-order valence-corrected chi connectivity index (χ0v) is 8.87. The summed E-state index contributed by atoms with van der Waals surface area (Å²) in [5, 5.41) is 0. The molecule has 0 spiro atoms. The van der Waals surface area contributed by atoms with Crippen molar-refractivity contribution in [1.82, 2.24) is 0 Å². The third-order valence-corrected chi connectivity index (χ3v) is 2.65. The Labute approximate surface area is 83.9 Å². The van der Waals surface area contributed by atoms with Crippen LogP contribution in [0.25, 0.3) is 0 Å². The molecule has 5 heteroatoms. The summed E-state index contributed by atoms with van der Waals surface area (Å²) in [5.74, 6) is -0.222. The molecule has 0 saturated heterocycles. The number of hydrogen-bond donors (Lipinski definition) is 1. The summed E-state index contributed by atoms with van der Waals surface area (Å²) >= 11 is 0. The standard InChI is InChI=1S/C9H13NO3S/c1-2-10-6-3-4-9(8-10)5-7-14(11,12)13/h3-4,6,8H,2,5,7H2,1H3/p+1. The van der Waals surface area contributed by atoms with Gasteiger partial charge in [0.15, 0.2) is 12.4 Å². The van der Waals surface area contributed by atoms with Gasteiger partial charge in [0, 0.05) is 11.6 Å². The third-order valence-electron chi connectivity index (χ3n) is 1.93. The quantitative estimate of drug-likeness (QED) is 0.586. The van der Waals surface area contributed by atoms with Crippen molar-refractivity contribution in [3.8, 4) is 0 Å². The minimum absolute atomic E-state index is 0.222. The lowest BCUT2D eigenvalue weighted by molar-refractivity contribution is -0.693. The van der Waals surface area contributed by atoms with E-state index in [4.69, 9.17) is 4.55 Å². The molecule has 1 aromatic rings. The first kappa shape index (κ1) is 11.1. The Kier molecular flexibility index (Phi) is 3.60. The number of pyridine rings is 1. The van der Waals surface area contributed by atoms with Gasteiger partial charge in [-0.3, -0.25) is 4.55 Å². The molecule has 1 rings (SSSR count). The summed E-state index contributed by atoms with van der Waals surface area (Å²) in [6, 6.07) is 3.71. The van der Waals surface area contributed by atoms with Gasteiger partial charge in [-0.15, -0.1) is 0 Å². The van der Waals surface area contributed by atoms with Gasteiger partial charge in [0.2, 0.25) is 0 Å². The summed E-state index contributed by atoms with van der Waals surface area (Å²) < 4.78 is 31.5. The van der Waals surface area contributed by atoms with Crippen LogP contribution in [0.5, 0.6) is 0 Å². The van der Waals surface area contributed by atoms with Gasteiger partial charge in [-0.2, -0.15) is 8.42 Å². The van der Waals surface area contributed by atoms with Gasteiger partial charge in [-0.1, -0.05) is 0 Å². The van der Waals surface area contributed by atoms with E-state index in [1.807, 2.05) is 36.0 Å². The number of aryl methyl sites for hydroxylation is 2. The van der Waals surface area contributed by atoms with E-state index in [-0.39, 0.29) is 5.75 Å². The van der Waals surface area contributed by atoms with E-state index < -0.39 is 10.1 Å². The van der Waals surface area contributed by atoms with Crippen LogP contribution in [-0.4, -0.2) is 18.7 Å². The second-order valence-electron chi connectivity index (χ2n) is 3.08. The fourth-order valence-electron chi connectivity index (χ4n) is 1.17. The Morgan fingerprint density at radius 1 is 1.50 bits per heavy atom. The van der Waals surface area contributed by atoms with Crippen LogP contribution in [0.15, 0.2) is 24.5 Å². The van der Waals surface area contributed by atoms with Gasteiger partial charge < -0.3 is 0 Å². The third kappa shape index (κ3) is 3.85. The fourth-order valence-corrected chi connectivity index (χ4v) is 1.66. The summed E-state index contributed by atoms with van der Waals surface area (Å²) in [6.45, 7) is 2.85. The lowest BCUT2D eigenvalue weighted by atomic mass is 10.2. The lowest BCUT2D eigenvalue weighted by Crippen LogP contribution is -2.31. The van der Waals surface area contributed by atoms with Crippen LogP contribution in [-0.2, 0) is 23.1 Å². The number of hydrogen-bond acceptors (Lipinski definition) is 2. The first-order valence-corrected chi connectivity index (χ1v) is 6.05. The molecule has 0 bridgehead atoms. The highest BCUT2D eigenvalue weighted by Gasteiger charge is 2.07. The van der Waals surface area contributed by atoms with Crippen LogP contribution in [0.1, 0.15) is 12.5 Å². The van der Waals surface area contributed by atoms with E-state index in [0.717, 1.165) is 12.1 Å². The molecular formula is C9H14NO3S+. The second kappa shape index (κ2) is 4.52.